The molecule has 0 aliphatic rings. The minimum Gasteiger partial charge on any atom is -0.493 e. The molecule has 0 saturated heterocycles. The fourth-order valence-corrected chi connectivity index (χ4v) is 3.18. The number of nitrogens with one attached hydrogen (secondary N) is 1. The van der Waals surface area contributed by atoms with Gasteiger partial charge in [0, 0.05) is 34.3 Å². The van der Waals surface area contributed by atoms with Crippen LogP contribution in [0.15, 0.2) is 41.4 Å². The Morgan fingerprint density at radius 1 is 1.12 bits per heavy atom. The highest BCUT2D eigenvalue weighted by Crippen LogP contribution is 2.32. The monoisotopic (exact) mass is 509 g/mol. The van der Waals surface area contributed by atoms with Gasteiger partial charge >= 0.3 is 0 Å². The second-order valence-corrected chi connectivity index (χ2v) is 6.27. The van der Waals surface area contributed by atoms with E-state index in [0.717, 1.165) is 11.3 Å². The van der Waals surface area contributed by atoms with Crippen molar-refractivity contribution in [3.8, 4) is 11.5 Å². The van der Waals surface area contributed by atoms with E-state index < -0.39 is 0 Å². The van der Waals surface area contributed by atoms with E-state index >= 15 is 0 Å². The van der Waals surface area contributed by atoms with Crippen LogP contribution in [0.25, 0.3) is 0 Å². The second-order valence-electron chi connectivity index (χ2n) is 5.46. The highest BCUT2D eigenvalue weighted by Gasteiger charge is 2.13. The van der Waals surface area contributed by atoms with Crippen molar-refractivity contribution in [2.75, 3.05) is 26.1 Å². The van der Waals surface area contributed by atoms with E-state index in [1.54, 1.807) is 26.4 Å². The quantitative estimate of drug-likeness (QED) is 0.320. The van der Waals surface area contributed by atoms with Crippen LogP contribution in [-0.4, -0.2) is 26.7 Å². The predicted octanol–water partition coefficient (Wildman–Crippen LogP) is 5.16. The van der Waals surface area contributed by atoms with Crippen molar-refractivity contribution in [1.29, 1.82) is 0 Å². The zero-order valence-corrected chi connectivity index (χ0v) is 18.6. The number of rotatable bonds is 6. The molecule has 2 aromatic carbocycles. The van der Waals surface area contributed by atoms with Gasteiger partial charge in [0.25, 0.3) is 0 Å². The standard InChI is InChI=1S/C18H21Cl2N3O2.HI/c1-11(17-13(19)5-4-6-14(17)20)10-22-18(21)23-12-7-8-15(24-2)16(9-12)25-3;/h4-9,11H,10H2,1-3H3,(H3,21,22,23);1H. The maximum atomic E-state index is 6.23. The molecule has 2 rings (SSSR count). The first-order valence-corrected chi connectivity index (χ1v) is 8.44. The van der Waals surface area contributed by atoms with Gasteiger partial charge in [0.15, 0.2) is 17.5 Å². The Kier molecular flexibility index (Phi) is 9.32. The van der Waals surface area contributed by atoms with Crippen LogP contribution in [0.5, 0.6) is 11.5 Å². The van der Waals surface area contributed by atoms with Crippen LogP contribution in [0, 0.1) is 0 Å². The molecule has 142 valence electrons. The molecule has 0 heterocycles. The average Bonchev–Trinajstić information content (AvgIpc) is 2.59. The van der Waals surface area contributed by atoms with Crippen LogP contribution in [0.4, 0.5) is 5.69 Å². The third-order valence-electron chi connectivity index (χ3n) is 3.68. The number of halogens is 3. The lowest BCUT2D eigenvalue weighted by molar-refractivity contribution is 0.355. The van der Waals surface area contributed by atoms with Gasteiger partial charge in [-0.1, -0.05) is 36.2 Å². The number of guanidine groups is 1. The zero-order valence-electron chi connectivity index (χ0n) is 14.8. The first-order valence-electron chi connectivity index (χ1n) is 7.69. The maximum Gasteiger partial charge on any atom is 0.193 e. The number of ether oxygens (including phenoxy) is 2. The molecule has 0 radical (unpaired) electrons. The molecule has 0 bridgehead atoms. The number of nitrogens with two attached hydrogens (primary N) is 1. The molecule has 0 aliphatic carbocycles. The lowest BCUT2D eigenvalue weighted by Crippen LogP contribution is -2.23. The Labute approximate surface area is 180 Å². The number of hydrogen-bond acceptors (Lipinski definition) is 3. The number of nitrogens with zero attached hydrogens (tertiary/aromatic N) is 1. The molecule has 1 atom stereocenters. The fraction of sp³-hybridized carbons (Fsp3) is 0.278. The molecule has 0 saturated carbocycles. The fourth-order valence-electron chi connectivity index (χ4n) is 2.41. The maximum absolute atomic E-state index is 6.23. The van der Waals surface area contributed by atoms with Crippen LogP contribution in [0.3, 0.4) is 0 Å². The summed E-state index contributed by atoms with van der Waals surface area (Å²) in [5.74, 6) is 1.58. The first kappa shape index (κ1) is 22.7. The molecule has 2 aromatic rings. The largest absolute Gasteiger partial charge is 0.493 e. The molecule has 0 amide bonds. The Hall–Kier alpha value is -1.38. The average molecular weight is 510 g/mol. The minimum atomic E-state index is 0. The van der Waals surface area contributed by atoms with Gasteiger partial charge in [-0.3, -0.25) is 4.99 Å². The van der Waals surface area contributed by atoms with Gasteiger partial charge in [-0.2, -0.15) is 0 Å². The van der Waals surface area contributed by atoms with Crippen molar-refractivity contribution < 1.29 is 9.47 Å². The van der Waals surface area contributed by atoms with Gasteiger partial charge in [0.1, 0.15) is 0 Å². The van der Waals surface area contributed by atoms with E-state index in [-0.39, 0.29) is 29.9 Å². The Morgan fingerprint density at radius 2 is 1.73 bits per heavy atom. The molecule has 0 spiro atoms. The highest BCUT2D eigenvalue weighted by atomic mass is 127. The van der Waals surface area contributed by atoms with Crippen molar-refractivity contribution in [3.63, 3.8) is 0 Å². The Morgan fingerprint density at radius 3 is 2.31 bits per heavy atom. The van der Waals surface area contributed by atoms with Crippen molar-refractivity contribution >= 4 is 58.8 Å². The highest BCUT2D eigenvalue weighted by molar-refractivity contribution is 14.0. The third kappa shape index (κ3) is 5.82. The molecule has 3 N–H and O–H groups in total. The van der Waals surface area contributed by atoms with Crippen LogP contribution in [0.2, 0.25) is 10.0 Å². The first-order chi connectivity index (χ1) is 12.0. The lowest BCUT2D eigenvalue weighted by Gasteiger charge is -2.14. The predicted molar refractivity (Wildman–Crippen MR) is 120 cm³/mol. The summed E-state index contributed by atoms with van der Waals surface area (Å²) in [7, 11) is 3.16. The molecule has 26 heavy (non-hydrogen) atoms. The minimum absolute atomic E-state index is 0. The zero-order chi connectivity index (χ0) is 18.4. The van der Waals surface area contributed by atoms with Crippen molar-refractivity contribution in [1.82, 2.24) is 0 Å². The van der Waals surface area contributed by atoms with Gasteiger partial charge in [-0.05, 0) is 29.8 Å². The Bertz CT molecular complexity index is 752. The lowest BCUT2D eigenvalue weighted by atomic mass is 10.0. The summed E-state index contributed by atoms with van der Waals surface area (Å²) in [5, 5.41) is 4.28. The van der Waals surface area contributed by atoms with Gasteiger partial charge in [-0.15, -0.1) is 24.0 Å². The van der Waals surface area contributed by atoms with Gasteiger partial charge in [0.2, 0.25) is 0 Å². The molecule has 0 aliphatic heterocycles. The molecule has 0 aromatic heterocycles. The number of hydrogen-bond donors (Lipinski definition) is 2. The van der Waals surface area contributed by atoms with E-state index in [9.17, 15) is 0 Å². The normalized spacial score (nSPS) is 12.1. The molecule has 0 fully saturated rings. The van der Waals surface area contributed by atoms with Crippen LogP contribution >= 0.6 is 47.2 Å². The van der Waals surface area contributed by atoms with E-state index in [1.165, 1.54) is 0 Å². The summed E-state index contributed by atoms with van der Waals surface area (Å²) in [6.07, 6.45) is 0. The SMILES string of the molecule is COc1ccc(NC(N)=NCC(C)c2c(Cl)cccc2Cl)cc1OC.I. The number of aliphatic imine (C=N–C) groups is 1. The van der Waals surface area contributed by atoms with Crippen LogP contribution < -0.4 is 20.5 Å². The summed E-state index contributed by atoms with van der Waals surface area (Å²) < 4.78 is 10.5. The van der Waals surface area contributed by atoms with Gasteiger partial charge < -0.3 is 20.5 Å². The molecular formula is C18H22Cl2IN3O2. The van der Waals surface area contributed by atoms with Crippen LogP contribution in [0.1, 0.15) is 18.4 Å². The van der Waals surface area contributed by atoms with E-state index in [1.807, 2.05) is 31.2 Å². The third-order valence-corrected chi connectivity index (χ3v) is 4.34. The van der Waals surface area contributed by atoms with Crippen molar-refractivity contribution in [3.05, 3.63) is 52.0 Å². The summed E-state index contributed by atoms with van der Waals surface area (Å²) in [5.41, 5.74) is 7.59. The molecule has 1 unspecified atom stereocenters. The summed E-state index contributed by atoms with van der Waals surface area (Å²) in [4.78, 5) is 4.37. The van der Waals surface area contributed by atoms with Gasteiger partial charge in [0.05, 0.1) is 14.2 Å². The Balaban J connectivity index is 0.00000338. The van der Waals surface area contributed by atoms with Gasteiger partial charge in [-0.25, -0.2) is 0 Å². The molecule has 5 nitrogen and oxygen atoms in total. The molecular weight excluding hydrogens is 488 g/mol. The van der Waals surface area contributed by atoms with Crippen molar-refractivity contribution in [2.24, 2.45) is 10.7 Å². The van der Waals surface area contributed by atoms with E-state index in [4.69, 9.17) is 38.4 Å². The number of anilines is 1. The summed E-state index contributed by atoms with van der Waals surface area (Å²) >= 11 is 12.5. The number of benzene rings is 2. The summed E-state index contributed by atoms with van der Waals surface area (Å²) in [6.45, 7) is 2.45. The molecule has 8 heteroatoms. The number of methoxy groups -OCH3 is 2. The second kappa shape index (κ2) is 10.7. The topological polar surface area (TPSA) is 68.9 Å². The van der Waals surface area contributed by atoms with E-state index in [2.05, 4.69) is 10.3 Å². The summed E-state index contributed by atoms with van der Waals surface area (Å²) in [6, 6.07) is 10.9. The van der Waals surface area contributed by atoms with E-state index in [0.29, 0.717) is 34.0 Å². The van der Waals surface area contributed by atoms with Crippen molar-refractivity contribution in [2.45, 2.75) is 12.8 Å². The smallest absolute Gasteiger partial charge is 0.193 e. The van der Waals surface area contributed by atoms with Crippen LogP contribution in [-0.2, 0) is 0 Å².